The van der Waals surface area contributed by atoms with Crippen LogP contribution in [0.3, 0.4) is 0 Å². The predicted octanol–water partition coefficient (Wildman–Crippen LogP) is 1.16. The van der Waals surface area contributed by atoms with Gasteiger partial charge in [0.15, 0.2) is 0 Å². The van der Waals surface area contributed by atoms with E-state index in [0.29, 0.717) is 13.2 Å². The van der Waals surface area contributed by atoms with Gasteiger partial charge in [0, 0.05) is 12.5 Å². The number of carbonyl (C=O) groups is 3. The van der Waals surface area contributed by atoms with Crippen molar-refractivity contribution in [1.82, 2.24) is 10.2 Å². The number of benzene rings is 1. The minimum atomic E-state index is -0.282. The fourth-order valence-electron chi connectivity index (χ4n) is 5.10. The molecule has 1 aromatic carbocycles. The number of carbonyl (C=O) groups excluding carboxylic acids is 3. The van der Waals surface area contributed by atoms with E-state index in [0.717, 1.165) is 24.2 Å². The number of fused-ring (bicyclic) bond motifs is 6. The molecule has 4 aliphatic rings. The van der Waals surface area contributed by atoms with Gasteiger partial charge in [-0.2, -0.15) is 0 Å². The second kappa shape index (κ2) is 6.22. The van der Waals surface area contributed by atoms with Gasteiger partial charge in [-0.05, 0) is 36.3 Å². The zero-order chi connectivity index (χ0) is 18.5. The fraction of sp³-hybridized carbons (Fsp3) is 0.476. The highest BCUT2D eigenvalue weighted by Gasteiger charge is 2.59. The lowest BCUT2D eigenvalue weighted by Crippen LogP contribution is -2.44. The number of hydrogen-bond donors (Lipinski definition) is 1. The molecule has 6 nitrogen and oxygen atoms in total. The Labute approximate surface area is 157 Å². The van der Waals surface area contributed by atoms with Crippen LogP contribution < -0.4 is 10.1 Å². The Morgan fingerprint density at radius 3 is 2.56 bits per heavy atom. The third-order valence-electron chi connectivity index (χ3n) is 6.41. The third-order valence-corrected chi connectivity index (χ3v) is 6.41. The average molecular weight is 366 g/mol. The Morgan fingerprint density at radius 1 is 1.11 bits per heavy atom. The normalized spacial score (nSPS) is 33.0. The van der Waals surface area contributed by atoms with Crippen LogP contribution in [0.25, 0.3) is 0 Å². The summed E-state index contributed by atoms with van der Waals surface area (Å²) in [4.78, 5) is 38.8. The monoisotopic (exact) mass is 366 g/mol. The Balaban J connectivity index is 1.17. The van der Waals surface area contributed by atoms with E-state index in [1.165, 1.54) is 4.90 Å². The molecule has 0 aromatic heterocycles. The van der Waals surface area contributed by atoms with Gasteiger partial charge in [0.05, 0.1) is 18.4 Å². The second-order valence-electron chi connectivity index (χ2n) is 8.06. The first-order chi connectivity index (χ1) is 13.1. The van der Waals surface area contributed by atoms with Crippen molar-refractivity contribution in [2.45, 2.75) is 12.8 Å². The van der Waals surface area contributed by atoms with Gasteiger partial charge in [-0.25, -0.2) is 0 Å². The number of ether oxygens (including phenoxy) is 1. The van der Waals surface area contributed by atoms with Crippen molar-refractivity contribution in [3.63, 3.8) is 0 Å². The molecule has 0 unspecified atom stereocenters. The molecule has 1 saturated carbocycles. The minimum absolute atomic E-state index is 0.170. The van der Waals surface area contributed by atoms with Crippen LogP contribution in [0.4, 0.5) is 0 Å². The predicted molar refractivity (Wildman–Crippen MR) is 96.6 cm³/mol. The first-order valence-electron chi connectivity index (χ1n) is 9.63. The van der Waals surface area contributed by atoms with Crippen LogP contribution in [0.15, 0.2) is 36.4 Å². The van der Waals surface area contributed by atoms with Crippen LogP contribution >= 0.6 is 0 Å². The van der Waals surface area contributed by atoms with Gasteiger partial charge in [0.2, 0.25) is 17.7 Å². The third kappa shape index (κ3) is 2.66. The van der Waals surface area contributed by atoms with E-state index >= 15 is 0 Å². The number of likely N-dealkylation sites (tertiary alicyclic amines) is 1. The van der Waals surface area contributed by atoms with Crippen molar-refractivity contribution in [2.24, 2.45) is 29.6 Å². The van der Waals surface area contributed by atoms with Gasteiger partial charge >= 0.3 is 0 Å². The molecular formula is C21H22N2O4. The Hall–Kier alpha value is -2.63. The number of imide groups is 1. The van der Waals surface area contributed by atoms with E-state index < -0.39 is 0 Å². The minimum Gasteiger partial charge on any atom is -0.493 e. The Kier molecular flexibility index (Phi) is 3.81. The van der Waals surface area contributed by atoms with Crippen molar-refractivity contribution in [1.29, 1.82) is 0 Å². The maximum atomic E-state index is 12.6. The van der Waals surface area contributed by atoms with Crippen molar-refractivity contribution < 1.29 is 19.1 Å². The Bertz CT molecular complexity index is 818. The first kappa shape index (κ1) is 16.5. The van der Waals surface area contributed by atoms with Gasteiger partial charge in [0.25, 0.3) is 0 Å². The lowest BCUT2D eigenvalue weighted by Gasteiger charge is -2.25. The molecule has 6 heteroatoms. The Morgan fingerprint density at radius 2 is 1.81 bits per heavy atom. The molecule has 0 spiro atoms. The molecule has 0 radical (unpaired) electrons. The summed E-state index contributed by atoms with van der Waals surface area (Å²) in [6.07, 6.45) is 5.86. The molecule has 2 heterocycles. The smallest absolute Gasteiger partial charge is 0.240 e. The zero-order valence-corrected chi connectivity index (χ0v) is 15.0. The van der Waals surface area contributed by atoms with E-state index in [4.69, 9.17) is 4.74 Å². The molecule has 2 bridgehead atoms. The molecule has 27 heavy (non-hydrogen) atoms. The summed E-state index contributed by atoms with van der Waals surface area (Å²) in [5, 5.41) is 2.87. The summed E-state index contributed by atoms with van der Waals surface area (Å²) in [6, 6.07) is 7.91. The highest BCUT2D eigenvalue weighted by molar-refractivity contribution is 6.08. The summed E-state index contributed by atoms with van der Waals surface area (Å²) in [5.74, 6) is 0.311. The van der Waals surface area contributed by atoms with E-state index in [2.05, 4.69) is 17.5 Å². The lowest BCUT2D eigenvalue weighted by atomic mass is 9.85. The van der Waals surface area contributed by atoms with Gasteiger partial charge < -0.3 is 10.1 Å². The number of nitrogens with one attached hydrogen (secondary N) is 1. The molecule has 2 fully saturated rings. The fourth-order valence-corrected chi connectivity index (χ4v) is 5.10. The van der Waals surface area contributed by atoms with Crippen LogP contribution in [0.1, 0.15) is 12.0 Å². The highest BCUT2D eigenvalue weighted by Crippen LogP contribution is 2.52. The van der Waals surface area contributed by atoms with Crippen molar-refractivity contribution in [3.8, 4) is 5.75 Å². The molecule has 140 valence electrons. The molecule has 1 N–H and O–H groups in total. The molecule has 5 atom stereocenters. The van der Waals surface area contributed by atoms with Gasteiger partial charge in [-0.15, -0.1) is 0 Å². The number of allylic oxidation sites excluding steroid dienone is 2. The molecule has 2 aliphatic carbocycles. The number of amides is 3. The number of rotatable bonds is 4. The van der Waals surface area contributed by atoms with E-state index in [1.807, 2.05) is 24.3 Å². The maximum Gasteiger partial charge on any atom is 0.240 e. The molecule has 1 saturated heterocycles. The van der Waals surface area contributed by atoms with Crippen LogP contribution in [0.2, 0.25) is 0 Å². The number of para-hydroxylation sites is 1. The second-order valence-corrected chi connectivity index (χ2v) is 8.06. The summed E-state index contributed by atoms with van der Waals surface area (Å²) >= 11 is 0. The zero-order valence-electron chi connectivity index (χ0n) is 15.0. The van der Waals surface area contributed by atoms with Crippen molar-refractivity contribution in [2.75, 3.05) is 19.7 Å². The summed E-state index contributed by atoms with van der Waals surface area (Å²) in [7, 11) is 0. The molecular weight excluding hydrogens is 344 g/mol. The number of nitrogens with zero attached hydrogens (tertiary/aromatic N) is 1. The summed E-state index contributed by atoms with van der Waals surface area (Å²) in [6.45, 7) is 0.857. The summed E-state index contributed by atoms with van der Waals surface area (Å²) < 4.78 is 5.74. The largest absolute Gasteiger partial charge is 0.493 e. The highest BCUT2D eigenvalue weighted by atomic mass is 16.5. The van der Waals surface area contributed by atoms with Crippen molar-refractivity contribution in [3.05, 3.63) is 42.0 Å². The molecule has 3 amide bonds. The van der Waals surface area contributed by atoms with E-state index in [1.54, 1.807) is 0 Å². The van der Waals surface area contributed by atoms with Gasteiger partial charge in [-0.3, -0.25) is 19.3 Å². The van der Waals surface area contributed by atoms with Crippen LogP contribution in [0, 0.1) is 29.6 Å². The van der Waals surface area contributed by atoms with E-state index in [9.17, 15) is 14.4 Å². The van der Waals surface area contributed by atoms with E-state index in [-0.39, 0.29) is 53.9 Å². The SMILES string of the molecule is O=C(CN1C(=O)[C@@H]2[C@H](C1=O)[C@H]1C=C[C@H]2C1)NC[C@H]1COc2ccccc2C1. The van der Waals surface area contributed by atoms with Crippen LogP contribution in [0.5, 0.6) is 5.75 Å². The van der Waals surface area contributed by atoms with Crippen molar-refractivity contribution >= 4 is 17.7 Å². The maximum absolute atomic E-state index is 12.6. The molecule has 1 aromatic rings. The van der Waals surface area contributed by atoms with Crippen LogP contribution in [-0.2, 0) is 20.8 Å². The average Bonchev–Trinajstić information content (AvgIpc) is 3.36. The summed E-state index contributed by atoms with van der Waals surface area (Å²) in [5.41, 5.74) is 1.14. The van der Waals surface area contributed by atoms with Gasteiger partial charge in [0.1, 0.15) is 12.3 Å². The van der Waals surface area contributed by atoms with Gasteiger partial charge in [-0.1, -0.05) is 30.4 Å². The quantitative estimate of drug-likeness (QED) is 0.641. The topological polar surface area (TPSA) is 75.7 Å². The number of hydrogen-bond acceptors (Lipinski definition) is 4. The first-order valence-corrected chi connectivity index (χ1v) is 9.63. The standard InChI is InChI=1S/C21H22N2O4/c24-17(22-9-12-7-13-3-1-2-4-16(13)27-11-12)10-23-20(25)18-14-5-6-15(8-14)19(18)21(23)26/h1-6,12,14-15,18-19H,7-11H2,(H,22,24)/t12-,14-,15-,18-,19+/m0/s1. The lowest BCUT2D eigenvalue weighted by molar-refractivity contribution is -0.144. The molecule has 2 aliphatic heterocycles. The molecule has 5 rings (SSSR count). The van der Waals surface area contributed by atoms with Crippen LogP contribution in [-0.4, -0.2) is 42.3 Å².